The van der Waals surface area contributed by atoms with Crippen molar-refractivity contribution in [3.63, 3.8) is 0 Å². The summed E-state index contributed by atoms with van der Waals surface area (Å²) in [6, 6.07) is -0.536. The minimum Gasteiger partial charge on any atom is -0.481 e. The van der Waals surface area contributed by atoms with Crippen LogP contribution in [0, 0.1) is 5.92 Å². The van der Waals surface area contributed by atoms with Crippen molar-refractivity contribution in [3.8, 4) is 0 Å². The van der Waals surface area contributed by atoms with Crippen molar-refractivity contribution >= 4 is 22.4 Å². The Balaban J connectivity index is 2.24. The van der Waals surface area contributed by atoms with Gasteiger partial charge in [0.05, 0.1) is 19.3 Å². The number of anilines is 1. The highest BCUT2D eigenvalue weighted by Gasteiger charge is 2.41. The summed E-state index contributed by atoms with van der Waals surface area (Å²) in [7, 11) is 0. The fraction of sp³-hybridized carbons (Fsp3) is 0.700. The standard InChI is InChI=1S/C10H12F3N3O3S/c1-2-16(6-4-19-3-5(6)7(17)18)9-15-14-8(20-9)10(11,12)13/h5-6H,2-4H2,1H3,(H,17,18). The number of nitrogens with zero attached hydrogens (tertiary/aromatic N) is 3. The molecule has 1 aliphatic rings. The average Bonchev–Trinajstić information content (AvgIpc) is 2.97. The van der Waals surface area contributed by atoms with Crippen LogP contribution in [0.2, 0.25) is 0 Å². The second-order valence-electron chi connectivity index (χ2n) is 4.22. The highest BCUT2D eigenvalue weighted by molar-refractivity contribution is 7.15. The zero-order valence-electron chi connectivity index (χ0n) is 10.4. The lowest BCUT2D eigenvalue weighted by Gasteiger charge is -2.28. The third kappa shape index (κ3) is 2.85. The van der Waals surface area contributed by atoms with Gasteiger partial charge in [0.1, 0.15) is 5.92 Å². The maximum absolute atomic E-state index is 12.5. The second-order valence-corrected chi connectivity index (χ2v) is 5.18. The molecule has 1 aromatic heterocycles. The Morgan fingerprint density at radius 1 is 1.50 bits per heavy atom. The summed E-state index contributed by atoms with van der Waals surface area (Å²) in [4.78, 5) is 12.6. The summed E-state index contributed by atoms with van der Waals surface area (Å²) in [5.74, 6) is -1.82. The second kappa shape index (κ2) is 5.52. The van der Waals surface area contributed by atoms with Gasteiger partial charge in [0.15, 0.2) is 0 Å². The smallest absolute Gasteiger partial charge is 0.445 e. The lowest BCUT2D eigenvalue weighted by molar-refractivity contribution is -0.142. The molecule has 0 saturated carbocycles. The van der Waals surface area contributed by atoms with Crippen molar-refractivity contribution in [2.75, 3.05) is 24.7 Å². The first-order valence-corrected chi connectivity index (χ1v) is 6.64. The van der Waals surface area contributed by atoms with E-state index in [9.17, 15) is 18.0 Å². The predicted molar refractivity (Wildman–Crippen MR) is 63.7 cm³/mol. The maximum atomic E-state index is 12.5. The van der Waals surface area contributed by atoms with Crippen LogP contribution in [0.3, 0.4) is 0 Å². The first kappa shape index (κ1) is 15.0. The highest BCUT2D eigenvalue weighted by atomic mass is 32.1. The van der Waals surface area contributed by atoms with Gasteiger partial charge in [-0.3, -0.25) is 4.79 Å². The van der Waals surface area contributed by atoms with Gasteiger partial charge in [-0.05, 0) is 6.92 Å². The Labute approximate surface area is 116 Å². The Kier molecular flexibility index (Phi) is 4.14. The molecule has 1 fully saturated rings. The molecule has 2 heterocycles. The number of aliphatic carboxylic acids is 1. The molecule has 10 heteroatoms. The monoisotopic (exact) mass is 311 g/mol. The van der Waals surface area contributed by atoms with Crippen LogP contribution in [-0.4, -0.2) is 47.1 Å². The zero-order valence-corrected chi connectivity index (χ0v) is 11.2. The van der Waals surface area contributed by atoms with Crippen molar-refractivity contribution in [1.29, 1.82) is 0 Å². The normalized spacial score (nSPS) is 23.0. The van der Waals surface area contributed by atoms with Crippen LogP contribution in [0.25, 0.3) is 0 Å². The molecule has 2 unspecified atom stereocenters. The molecule has 0 bridgehead atoms. The number of rotatable bonds is 4. The summed E-state index contributed by atoms with van der Waals surface area (Å²) in [6.45, 7) is 2.23. The Hall–Kier alpha value is -1.42. The van der Waals surface area contributed by atoms with E-state index in [1.54, 1.807) is 6.92 Å². The van der Waals surface area contributed by atoms with Crippen molar-refractivity contribution in [2.24, 2.45) is 5.92 Å². The van der Waals surface area contributed by atoms with E-state index in [1.165, 1.54) is 4.90 Å². The van der Waals surface area contributed by atoms with Crippen molar-refractivity contribution in [2.45, 2.75) is 19.1 Å². The molecule has 2 rings (SSSR count). The first-order valence-electron chi connectivity index (χ1n) is 5.82. The van der Waals surface area contributed by atoms with Gasteiger partial charge in [-0.15, -0.1) is 10.2 Å². The number of hydrogen-bond donors (Lipinski definition) is 1. The molecule has 1 aromatic rings. The number of carboxylic acids is 1. The number of hydrogen-bond acceptors (Lipinski definition) is 6. The molecule has 1 N–H and O–H groups in total. The molecule has 0 amide bonds. The molecule has 2 atom stereocenters. The molecule has 112 valence electrons. The molecule has 0 aromatic carbocycles. The predicted octanol–water partition coefficient (Wildman–Crippen LogP) is 1.48. The minimum atomic E-state index is -4.55. The molecule has 1 saturated heterocycles. The summed E-state index contributed by atoms with van der Waals surface area (Å²) >= 11 is 0.403. The number of halogens is 3. The summed E-state index contributed by atoms with van der Waals surface area (Å²) < 4.78 is 42.7. The summed E-state index contributed by atoms with van der Waals surface area (Å²) in [6.07, 6.45) is -4.55. The fourth-order valence-corrected chi connectivity index (χ4v) is 2.88. The third-order valence-electron chi connectivity index (χ3n) is 3.01. The Morgan fingerprint density at radius 2 is 2.20 bits per heavy atom. The Bertz CT molecular complexity index is 494. The third-order valence-corrected chi connectivity index (χ3v) is 4.02. The van der Waals surface area contributed by atoms with Crippen LogP contribution in [-0.2, 0) is 15.7 Å². The Morgan fingerprint density at radius 3 is 2.70 bits per heavy atom. The number of alkyl halides is 3. The average molecular weight is 311 g/mol. The van der Waals surface area contributed by atoms with Crippen LogP contribution >= 0.6 is 11.3 Å². The highest BCUT2D eigenvalue weighted by Crippen LogP contribution is 2.36. The molecule has 6 nitrogen and oxygen atoms in total. The van der Waals surface area contributed by atoms with Gasteiger partial charge < -0.3 is 14.7 Å². The van der Waals surface area contributed by atoms with E-state index in [4.69, 9.17) is 9.84 Å². The van der Waals surface area contributed by atoms with Crippen molar-refractivity contribution in [3.05, 3.63) is 5.01 Å². The van der Waals surface area contributed by atoms with Crippen LogP contribution < -0.4 is 4.90 Å². The van der Waals surface area contributed by atoms with Gasteiger partial charge in [0, 0.05) is 6.54 Å². The van der Waals surface area contributed by atoms with Gasteiger partial charge >= 0.3 is 12.1 Å². The van der Waals surface area contributed by atoms with Gasteiger partial charge in [0.25, 0.3) is 0 Å². The number of likely N-dealkylation sites (N-methyl/N-ethyl adjacent to an activating group) is 1. The van der Waals surface area contributed by atoms with E-state index < -0.39 is 29.1 Å². The van der Waals surface area contributed by atoms with Gasteiger partial charge in [-0.25, -0.2) is 0 Å². The van der Waals surface area contributed by atoms with E-state index in [1.807, 2.05) is 0 Å². The van der Waals surface area contributed by atoms with Crippen molar-refractivity contribution in [1.82, 2.24) is 10.2 Å². The van der Waals surface area contributed by atoms with E-state index in [-0.39, 0.29) is 18.3 Å². The summed E-state index contributed by atoms with van der Waals surface area (Å²) in [5.41, 5.74) is 0. The number of carbonyl (C=O) groups is 1. The lowest BCUT2D eigenvalue weighted by Crippen LogP contribution is -2.43. The van der Waals surface area contributed by atoms with E-state index in [0.717, 1.165) is 0 Å². The summed E-state index contributed by atoms with van der Waals surface area (Å²) in [5, 5.41) is 14.7. The van der Waals surface area contributed by atoms with E-state index in [0.29, 0.717) is 17.9 Å². The maximum Gasteiger partial charge on any atom is 0.445 e. The molecular weight excluding hydrogens is 299 g/mol. The van der Waals surface area contributed by atoms with Crippen LogP contribution in [0.5, 0.6) is 0 Å². The number of ether oxygens (including phenoxy) is 1. The number of carboxylic acid groups (broad SMARTS) is 1. The molecular formula is C10H12F3N3O3S. The van der Waals surface area contributed by atoms with Gasteiger partial charge in [0.2, 0.25) is 10.1 Å². The molecule has 1 aliphatic heterocycles. The lowest BCUT2D eigenvalue weighted by atomic mass is 10.0. The quantitative estimate of drug-likeness (QED) is 0.908. The van der Waals surface area contributed by atoms with Crippen molar-refractivity contribution < 1.29 is 27.8 Å². The van der Waals surface area contributed by atoms with Crippen LogP contribution in [0.1, 0.15) is 11.9 Å². The SMILES string of the molecule is CCN(c1nnc(C(F)(F)F)s1)C1COCC1C(=O)O. The van der Waals surface area contributed by atoms with E-state index >= 15 is 0 Å². The minimum absolute atomic E-state index is 0.0431. The number of aromatic nitrogens is 2. The van der Waals surface area contributed by atoms with E-state index in [2.05, 4.69) is 10.2 Å². The van der Waals surface area contributed by atoms with Gasteiger partial charge in [-0.2, -0.15) is 13.2 Å². The molecule has 0 aliphatic carbocycles. The van der Waals surface area contributed by atoms with Gasteiger partial charge in [-0.1, -0.05) is 11.3 Å². The zero-order chi connectivity index (χ0) is 14.9. The molecule has 20 heavy (non-hydrogen) atoms. The topological polar surface area (TPSA) is 75.5 Å². The van der Waals surface area contributed by atoms with Crippen LogP contribution in [0.15, 0.2) is 0 Å². The molecule has 0 spiro atoms. The first-order chi connectivity index (χ1) is 9.34. The largest absolute Gasteiger partial charge is 0.481 e. The molecule has 0 radical (unpaired) electrons. The van der Waals surface area contributed by atoms with Crippen LogP contribution in [0.4, 0.5) is 18.3 Å². The fourth-order valence-electron chi connectivity index (χ4n) is 2.04.